The normalized spacial score (nSPS) is 11.8. The van der Waals surface area contributed by atoms with Crippen LogP contribution in [-0.4, -0.2) is 23.8 Å². The maximum atomic E-state index is 13.7. The summed E-state index contributed by atoms with van der Waals surface area (Å²) in [6.45, 7) is 4.35. The van der Waals surface area contributed by atoms with E-state index in [1.165, 1.54) is 0 Å². The van der Waals surface area contributed by atoms with E-state index in [0.29, 0.717) is 12.2 Å². The zero-order valence-corrected chi connectivity index (χ0v) is 22.5. The predicted octanol–water partition coefficient (Wildman–Crippen LogP) is 7.86. The first kappa shape index (κ1) is 27.7. The van der Waals surface area contributed by atoms with Crippen molar-refractivity contribution in [3.05, 3.63) is 107 Å². The lowest BCUT2D eigenvalue weighted by atomic mass is 10.00. The highest BCUT2D eigenvalue weighted by atomic mass is 32.1. The molecular weight excluding hydrogens is 462 g/mol. The summed E-state index contributed by atoms with van der Waals surface area (Å²) in [5.41, 5.74) is 4.97. The maximum Gasteiger partial charge on any atom is 0.331 e. The van der Waals surface area contributed by atoms with Crippen molar-refractivity contribution in [2.45, 2.75) is 76.7 Å². The fraction of sp³-hybridized carbons (Fsp3) is 0.375. The van der Waals surface area contributed by atoms with E-state index in [2.05, 4.69) is 44.7 Å². The molecule has 1 atom stereocenters. The highest BCUT2D eigenvalue weighted by Gasteiger charge is 2.25. The molecule has 3 aromatic rings. The van der Waals surface area contributed by atoms with Crippen molar-refractivity contribution in [2.24, 2.45) is 4.99 Å². The van der Waals surface area contributed by atoms with Gasteiger partial charge in [-0.05, 0) is 24.0 Å². The molecular formula is C32H39NO2S. The zero-order chi connectivity index (χ0) is 25.6. The summed E-state index contributed by atoms with van der Waals surface area (Å²) in [5.74, 6) is 0.412. The summed E-state index contributed by atoms with van der Waals surface area (Å²) in [6.07, 6.45) is 6.51. The highest BCUT2D eigenvalue weighted by Crippen LogP contribution is 2.19. The van der Waals surface area contributed by atoms with Crippen LogP contribution in [0, 0.1) is 0 Å². The Morgan fingerprint density at radius 3 is 1.89 bits per heavy atom. The Labute approximate surface area is 222 Å². The summed E-state index contributed by atoms with van der Waals surface area (Å²) in [5, 5.41) is 0. The minimum atomic E-state index is -0.638. The number of aliphatic imine (C=N–C) groups is 1. The van der Waals surface area contributed by atoms with Crippen LogP contribution < -0.4 is 0 Å². The first-order chi connectivity index (χ1) is 17.6. The Morgan fingerprint density at radius 1 is 0.806 bits per heavy atom. The summed E-state index contributed by atoms with van der Waals surface area (Å²) in [6, 6.07) is 27.8. The van der Waals surface area contributed by atoms with Gasteiger partial charge in [0.2, 0.25) is 0 Å². The van der Waals surface area contributed by atoms with E-state index in [-0.39, 0.29) is 12.1 Å². The number of esters is 1. The molecule has 0 aliphatic rings. The quantitative estimate of drug-likeness (QED) is 0.139. The highest BCUT2D eigenvalue weighted by molar-refractivity contribution is 7.79. The van der Waals surface area contributed by atoms with Crippen molar-refractivity contribution in [1.82, 2.24) is 0 Å². The van der Waals surface area contributed by atoms with Crippen LogP contribution in [0.15, 0.2) is 89.9 Å². The van der Waals surface area contributed by atoms with E-state index >= 15 is 0 Å². The van der Waals surface area contributed by atoms with Crippen LogP contribution >= 0.6 is 12.6 Å². The number of thiol groups is 1. The molecule has 0 spiro atoms. The molecule has 3 nitrogen and oxygen atoms in total. The summed E-state index contributed by atoms with van der Waals surface area (Å²) in [4.78, 5) is 18.8. The number of carbonyl (C=O) groups is 1. The van der Waals surface area contributed by atoms with Crippen molar-refractivity contribution in [1.29, 1.82) is 0 Å². The average Bonchev–Trinajstić information content (AvgIpc) is 2.93. The Hall–Kier alpha value is -2.85. The lowest BCUT2D eigenvalue weighted by molar-refractivity contribution is -0.151. The Kier molecular flexibility index (Phi) is 11.8. The average molecular weight is 502 g/mol. The molecule has 36 heavy (non-hydrogen) atoms. The lowest BCUT2D eigenvalue weighted by Crippen LogP contribution is -2.30. The number of carbonyl (C=O) groups excluding carboxylic acids is 1. The van der Waals surface area contributed by atoms with Gasteiger partial charge in [0.1, 0.15) is 6.10 Å². The standard InChI is InChI=1S/C32H39NO2S/c1-3-5-20-29(21-6-4-2)35-32(34)30(23-25-14-13-15-26(22-25)24-36)33-31(27-16-9-7-10-17-27)28-18-11-8-12-19-28/h7-19,22,29-30,36H,3-6,20-21,23-24H2,1-2H3. The monoisotopic (exact) mass is 501 g/mol. The third-order valence-electron chi connectivity index (χ3n) is 6.30. The largest absolute Gasteiger partial charge is 0.461 e. The van der Waals surface area contributed by atoms with Crippen LogP contribution in [0.2, 0.25) is 0 Å². The number of unbranched alkanes of at least 4 members (excludes halogenated alkanes) is 2. The fourth-order valence-electron chi connectivity index (χ4n) is 4.29. The van der Waals surface area contributed by atoms with Gasteiger partial charge in [-0.25, -0.2) is 4.79 Å². The van der Waals surface area contributed by atoms with Gasteiger partial charge in [0.05, 0.1) is 5.71 Å². The third-order valence-corrected chi connectivity index (χ3v) is 6.66. The number of rotatable bonds is 14. The first-order valence-electron chi connectivity index (χ1n) is 13.2. The van der Waals surface area contributed by atoms with Gasteiger partial charge < -0.3 is 4.74 Å². The van der Waals surface area contributed by atoms with E-state index in [4.69, 9.17) is 9.73 Å². The minimum Gasteiger partial charge on any atom is -0.461 e. The van der Waals surface area contributed by atoms with Crippen molar-refractivity contribution in [3.63, 3.8) is 0 Å². The second-order valence-electron chi connectivity index (χ2n) is 9.25. The smallest absolute Gasteiger partial charge is 0.331 e. The second-order valence-corrected chi connectivity index (χ2v) is 9.57. The summed E-state index contributed by atoms with van der Waals surface area (Å²) < 4.78 is 6.16. The molecule has 0 heterocycles. The summed E-state index contributed by atoms with van der Waals surface area (Å²) in [7, 11) is 0. The molecule has 0 amide bonds. The maximum absolute atomic E-state index is 13.7. The van der Waals surface area contributed by atoms with Gasteiger partial charge in [0, 0.05) is 23.3 Å². The predicted molar refractivity (Wildman–Crippen MR) is 154 cm³/mol. The SMILES string of the molecule is CCCCC(CCCC)OC(=O)C(Cc1cccc(CS)c1)N=C(c1ccccc1)c1ccccc1. The molecule has 0 bridgehead atoms. The fourth-order valence-corrected chi connectivity index (χ4v) is 4.49. The summed E-state index contributed by atoms with van der Waals surface area (Å²) >= 11 is 4.43. The minimum absolute atomic E-state index is 0.0595. The van der Waals surface area contributed by atoms with Crippen LogP contribution in [0.3, 0.4) is 0 Å². The molecule has 0 N–H and O–H groups in total. The molecule has 3 rings (SSSR count). The number of benzene rings is 3. The van der Waals surface area contributed by atoms with Gasteiger partial charge in [-0.1, -0.05) is 124 Å². The van der Waals surface area contributed by atoms with E-state index in [1.807, 2.05) is 66.7 Å². The molecule has 3 aromatic carbocycles. The van der Waals surface area contributed by atoms with Gasteiger partial charge in [0.25, 0.3) is 0 Å². The van der Waals surface area contributed by atoms with E-state index in [1.54, 1.807) is 0 Å². The van der Waals surface area contributed by atoms with Gasteiger partial charge >= 0.3 is 5.97 Å². The Balaban J connectivity index is 1.99. The molecule has 1 unspecified atom stereocenters. The molecule has 0 aliphatic heterocycles. The Bertz CT molecular complexity index is 1030. The first-order valence-corrected chi connectivity index (χ1v) is 13.9. The second kappa shape index (κ2) is 15.3. The van der Waals surface area contributed by atoms with E-state index < -0.39 is 6.04 Å². The number of hydrogen-bond donors (Lipinski definition) is 1. The van der Waals surface area contributed by atoms with Crippen molar-refractivity contribution < 1.29 is 9.53 Å². The lowest BCUT2D eigenvalue weighted by Gasteiger charge is -2.21. The molecule has 190 valence electrons. The molecule has 0 saturated heterocycles. The van der Waals surface area contributed by atoms with E-state index in [9.17, 15) is 4.79 Å². The van der Waals surface area contributed by atoms with Gasteiger partial charge in [-0.2, -0.15) is 12.6 Å². The zero-order valence-electron chi connectivity index (χ0n) is 21.6. The van der Waals surface area contributed by atoms with Gasteiger partial charge in [-0.3, -0.25) is 4.99 Å². The number of ether oxygens (including phenoxy) is 1. The molecule has 0 radical (unpaired) electrons. The van der Waals surface area contributed by atoms with Crippen LogP contribution in [-0.2, 0) is 21.7 Å². The van der Waals surface area contributed by atoms with E-state index in [0.717, 1.165) is 66.5 Å². The topological polar surface area (TPSA) is 38.7 Å². The molecule has 0 aliphatic carbocycles. The molecule has 0 saturated carbocycles. The molecule has 0 fully saturated rings. The van der Waals surface area contributed by atoms with Crippen LogP contribution in [0.1, 0.15) is 74.6 Å². The van der Waals surface area contributed by atoms with Gasteiger partial charge in [-0.15, -0.1) is 0 Å². The molecule has 0 aromatic heterocycles. The number of hydrogen-bond acceptors (Lipinski definition) is 4. The van der Waals surface area contributed by atoms with Gasteiger partial charge in [0.15, 0.2) is 6.04 Å². The van der Waals surface area contributed by atoms with Crippen molar-refractivity contribution in [2.75, 3.05) is 0 Å². The van der Waals surface area contributed by atoms with Crippen LogP contribution in [0.4, 0.5) is 0 Å². The van der Waals surface area contributed by atoms with Crippen molar-refractivity contribution in [3.8, 4) is 0 Å². The third kappa shape index (κ3) is 8.67. The van der Waals surface area contributed by atoms with Crippen LogP contribution in [0.5, 0.6) is 0 Å². The number of nitrogens with zero attached hydrogens (tertiary/aromatic N) is 1. The van der Waals surface area contributed by atoms with Crippen LogP contribution in [0.25, 0.3) is 0 Å². The van der Waals surface area contributed by atoms with Crippen molar-refractivity contribution >= 4 is 24.3 Å². The molecule has 4 heteroatoms. The Morgan fingerprint density at radius 2 is 1.36 bits per heavy atom.